The molecule has 0 bridgehead atoms. The molecule has 2 saturated heterocycles. The second-order valence-corrected chi connectivity index (χ2v) is 7.71. The van der Waals surface area contributed by atoms with Gasteiger partial charge < -0.3 is 9.80 Å². The average molecular weight is 344 g/mol. The highest BCUT2D eigenvalue weighted by molar-refractivity contribution is 5.92. The van der Waals surface area contributed by atoms with E-state index in [2.05, 4.69) is 0 Å². The second kappa shape index (κ2) is 6.43. The first-order chi connectivity index (χ1) is 12.1. The van der Waals surface area contributed by atoms with Crippen LogP contribution in [0.2, 0.25) is 0 Å². The minimum Gasteiger partial charge on any atom is -0.342 e. The summed E-state index contributed by atoms with van der Waals surface area (Å²) in [4.78, 5) is 29.7. The van der Waals surface area contributed by atoms with Crippen LogP contribution in [0.5, 0.6) is 0 Å². The topological polar surface area (TPSA) is 40.6 Å². The van der Waals surface area contributed by atoms with E-state index < -0.39 is 5.41 Å². The van der Waals surface area contributed by atoms with Crippen LogP contribution in [0, 0.1) is 11.7 Å². The summed E-state index contributed by atoms with van der Waals surface area (Å²) in [6, 6.07) is 6.32. The molecule has 4 rings (SSSR count). The highest BCUT2D eigenvalue weighted by atomic mass is 19.1. The van der Waals surface area contributed by atoms with Crippen molar-refractivity contribution < 1.29 is 14.0 Å². The zero-order chi connectivity index (χ0) is 17.4. The van der Waals surface area contributed by atoms with E-state index in [0.717, 1.165) is 63.7 Å². The molecule has 1 aromatic rings. The molecule has 0 spiro atoms. The smallest absolute Gasteiger partial charge is 0.233 e. The van der Waals surface area contributed by atoms with Crippen molar-refractivity contribution in [3.05, 3.63) is 35.6 Å². The lowest BCUT2D eigenvalue weighted by Crippen LogP contribution is -2.49. The number of nitrogens with zero attached hydrogens (tertiary/aromatic N) is 2. The maximum absolute atomic E-state index is 13.2. The lowest BCUT2D eigenvalue weighted by molar-refractivity contribution is -0.141. The van der Waals surface area contributed by atoms with Gasteiger partial charge in [0.1, 0.15) is 5.82 Å². The van der Waals surface area contributed by atoms with Crippen LogP contribution in [0.1, 0.15) is 44.1 Å². The number of carbonyl (C=O) groups excluding carboxylic acids is 2. The fourth-order valence-electron chi connectivity index (χ4n) is 4.38. The Hall–Kier alpha value is -1.91. The summed E-state index contributed by atoms with van der Waals surface area (Å²) in [5, 5.41) is 0. The van der Waals surface area contributed by atoms with Gasteiger partial charge in [-0.1, -0.05) is 12.1 Å². The van der Waals surface area contributed by atoms with E-state index in [9.17, 15) is 14.0 Å². The summed E-state index contributed by atoms with van der Waals surface area (Å²) in [5.74, 6) is 0.0146. The third kappa shape index (κ3) is 3.05. The predicted molar refractivity (Wildman–Crippen MR) is 92.4 cm³/mol. The Bertz CT molecular complexity index is 663. The first-order valence-electron chi connectivity index (χ1n) is 9.44. The largest absolute Gasteiger partial charge is 0.342 e. The summed E-state index contributed by atoms with van der Waals surface area (Å²) < 4.78 is 13.2. The fourth-order valence-corrected chi connectivity index (χ4v) is 4.38. The van der Waals surface area contributed by atoms with Crippen LogP contribution in [-0.2, 0) is 15.0 Å². The summed E-state index contributed by atoms with van der Waals surface area (Å²) in [5.41, 5.74) is 0.429. The minimum atomic E-state index is -0.480. The number of carbonyl (C=O) groups is 2. The van der Waals surface area contributed by atoms with Crippen molar-refractivity contribution in [2.45, 2.75) is 43.9 Å². The fraction of sp³-hybridized carbons (Fsp3) is 0.600. The number of benzene rings is 1. The molecular weight excluding hydrogens is 319 g/mol. The van der Waals surface area contributed by atoms with Crippen molar-refractivity contribution in [3.63, 3.8) is 0 Å². The molecule has 5 heteroatoms. The van der Waals surface area contributed by atoms with E-state index in [1.807, 2.05) is 9.80 Å². The number of rotatable bonds is 3. The van der Waals surface area contributed by atoms with Crippen LogP contribution in [-0.4, -0.2) is 47.8 Å². The molecular formula is C20H25FN2O2. The summed E-state index contributed by atoms with van der Waals surface area (Å²) in [6.07, 6.45) is 5.58. The molecule has 3 aliphatic rings. The second-order valence-electron chi connectivity index (χ2n) is 7.71. The van der Waals surface area contributed by atoms with Gasteiger partial charge in [0, 0.05) is 26.2 Å². The number of halogens is 1. The third-order valence-electron chi connectivity index (χ3n) is 6.03. The van der Waals surface area contributed by atoms with E-state index in [1.54, 1.807) is 12.1 Å². The molecule has 3 fully saturated rings. The quantitative estimate of drug-likeness (QED) is 0.846. The van der Waals surface area contributed by atoms with Gasteiger partial charge in [-0.3, -0.25) is 9.59 Å². The van der Waals surface area contributed by atoms with Gasteiger partial charge in [-0.25, -0.2) is 4.39 Å². The van der Waals surface area contributed by atoms with E-state index in [4.69, 9.17) is 0 Å². The van der Waals surface area contributed by atoms with E-state index in [0.29, 0.717) is 6.54 Å². The Morgan fingerprint density at radius 1 is 0.960 bits per heavy atom. The van der Waals surface area contributed by atoms with Crippen LogP contribution in [0.3, 0.4) is 0 Å². The van der Waals surface area contributed by atoms with Gasteiger partial charge in [0.2, 0.25) is 11.8 Å². The Morgan fingerprint density at radius 3 is 2.24 bits per heavy atom. The zero-order valence-corrected chi connectivity index (χ0v) is 14.5. The molecule has 1 aromatic carbocycles. The van der Waals surface area contributed by atoms with Crippen LogP contribution in [0.25, 0.3) is 0 Å². The predicted octanol–water partition coefficient (Wildman–Crippen LogP) is 2.72. The number of amides is 2. The van der Waals surface area contributed by atoms with Gasteiger partial charge in [0.05, 0.1) is 11.3 Å². The normalized spacial score (nSPS) is 25.1. The van der Waals surface area contributed by atoms with Crippen LogP contribution < -0.4 is 0 Å². The number of piperidine rings is 1. The Labute approximate surface area is 148 Å². The molecule has 1 saturated carbocycles. The zero-order valence-electron chi connectivity index (χ0n) is 14.5. The minimum absolute atomic E-state index is 0.0557. The lowest BCUT2D eigenvalue weighted by atomic mass is 9.91. The van der Waals surface area contributed by atoms with Crippen molar-refractivity contribution >= 4 is 11.8 Å². The van der Waals surface area contributed by atoms with Gasteiger partial charge in [0.25, 0.3) is 0 Å². The molecule has 25 heavy (non-hydrogen) atoms. The van der Waals surface area contributed by atoms with Crippen molar-refractivity contribution in [2.24, 2.45) is 5.92 Å². The Kier molecular flexibility index (Phi) is 4.26. The molecule has 2 aliphatic heterocycles. The van der Waals surface area contributed by atoms with E-state index >= 15 is 0 Å². The summed E-state index contributed by atoms with van der Waals surface area (Å²) >= 11 is 0. The third-order valence-corrected chi connectivity index (χ3v) is 6.03. The first-order valence-corrected chi connectivity index (χ1v) is 9.44. The number of hydrogen-bond donors (Lipinski definition) is 0. The monoisotopic (exact) mass is 344 g/mol. The highest BCUT2D eigenvalue weighted by Gasteiger charge is 2.53. The Balaban J connectivity index is 1.46. The molecule has 1 aliphatic carbocycles. The lowest BCUT2D eigenvalue weighted by Gasteiger charge is -2.36. The Morgan fingerprint density at radius 2 is 1.60 bits per heavy atom. The van der Waals surface area contributed by atoms with E-state index in [1.165, 1.54) is 12.1 Å². The van der Waals surface area contributed by atoms with Crippen molar-refractivity contribution in [1.29, 1.82) is 0 Å². The molecule has 0 aromatic heterocycles. The van der Waals surface area contributed by atoms with E-state index in [-0.39, 0.29) is 23.5 Å². The maximum Gasteiger partial charge on any atom is 0.233 e. The SMILES string of the molecule is O=C([C@H]1CCCN(C(=O)C2(c3ccc(F)cc3)CC2)C1)N1CCCC1. The standard InChI is InChI=1S/C20H25FN2O2/c21-17-7-5-16(6-8-17)20(9-10-20)19(25)23-13-3-4-15(14-23)18(24)22-11-1-2-12-22/h5-8,15H,1-4,9-14H2/t15-/m0/s1. The van der Waals surface area contributed by atoms with Gasteiger partial charge >= 0.3 is 0 Å². The van der Waals surface area contributed by atoms with Crippen LogP contribution in [0.4, 0.5) is 4.39 Å². The number of likely N-dealkylation sites (tertiary alicyclic amines) is 2. The summed E-state index contributed by atoms with van der Waals surface area (Å²) in [7, 11) is 0. The molecule has 2 heterocycles. The first kappa shape index (κ1) is 16.6. The van der Waals surface area contributed by atoms with Gasteiger partial charge in [-0.05, 0) is 56.2 Å². The molecule has 0 radical (unpaired) electrons. The molecule has 134 valence electrons. The summed E-state index contributed by atoms with van der Waals surface area (Å²) in [6.45, 7) is 2.99. The van der Waals surface area contributed by atoms with Crippen molar-refractivity contribution in [2.75, 3.05) is 26.2 Å². The van der Waals surface area contributed by atoms with Gasteiger partial charge in [-0.2, -0.15) is 0 Å². The molecule has 0 N–H and O–H groups in total. The van der Waals surface area contributed by atoms with Crippen molar-refractivity contribution in [1.82, 2.24) is 9.80 Å². The van der Waals surface area contributed by atoms with Gasteiger partial charge in [-0.15, -0.1) is 0 Å². The van der Waals surface area contributed by atoms with Crippen LogP contribution >= 0.6 is 0 Å². The molecule has 1 atom stereocenters. The average Bonchev–Trinajstić information content (AvgIpc) is 3.27. The molecule has 2 amide bonds. The number of hydrogen-bond acceptors (Lipinski definition) is 2. The van der Waals surface area contributed by atoms with Crippen LogP contribution in [0.15, 0.2) is 24.3 Å². The highest BCUT2D eigenvalue weighted by Crippen LogP contribution is 2.50. The van der Waals surface area contributed by atoms with Gasteiger partial charge in [0.15, 0.2) is 0 Å². The maximum atomic E-state index is 13.2. The van der Waals surface area contributed by atoms with Crippen molar-refractivity contribution in [3.8, 4) is 0 Å². The molecule has 0 unspecified atom stereocenters. The molecule has 4 nitrogen and oxygen atoms in total.